The summed E-state index contributed by atoms with van der Waals surface area (Å²) < 4.78 is 13.8. The minimum absolute atomic E-state index is 0.107. The van der Waals surface area contributed by atoms with Crippen molar-refractivity contribution in [1.29, 1.82) is 0 Å². The van der Waals surface area contributed by atoms with Crippen molar-refractivity contribution < 1.29 is 4.39 Å². The Morgan fingerprint density at radius 3 is 2.53 bits per heavy atom. The van der Waals surface area contributed by atoms with E-state index >= 15 is 0 Å². The second kappa shape index (κ2) is 5.27. The SMILES string of the molecule is NNC(CC1CCC1)c1ccc(F)c2ccccc12. The van der Waals surface area contributed by atoms with Gasteiger partial charge in [-0.15, -0.1) is 0 Å². The van der Waals surface area contributed by atoms with Gasteiger partial charge in [-0.1, -0.05) is 49.6 Å². The Labute approximate surface area is 112 Å². The first-order valence-corrected chi connectivity index (χ1v) is 6.93. The number of benzene rings is 2. The molecule has 3 heteroatoms. The van der Waals surface area contributed by atoms with Crippen LogP contribution in [0, 0.1) is 11.7 Å². The molecule has 3 rings (SSSR count). The molecule has 0 aromatic heterocycles. The van der Waals surface area contributed by atoms with E-state index < -0.39 is 0 Å². The number of hydrogen-bond acceptors (Lipinski definition) is 2. The van der Waals surface area contributed by atoms with Crippen LogP contribution >= 0.6 is 0 Å². The van der Waals surface area contributed by atoms with E-state index in [2.05, 4.69) is 5.43 Å². The average molecular weight is 258 g/mol. The summed E-state index contributed by atoms with van der Waals surface area (Å²) in [5.41, 5.74) is 4.01. The van der Waals surface area contributed by atoms with Crippen molar-refractivity contribution in [3.05, 3.63) is 47.8 Å². The number of hydrogen-bond donors (Lipinski definition) is 2. The number of rotatable bonds is 4. The summed E-state index contributed by atoms with van der Waals surface area (Å²) in [6.45, 7) is 0. The van der Waals surface area contributed by atoms with Crippen molar-refractivity contribution in [3.63, 3.8) is 0 Å². The summed E-state index contributed by atoms with van der Waals surface area (Å²) in [7, 11) is 0. The van der Waals surface area contributed by atoms with E-state index in [1.807, 2.05) is 30.3 Å². The van der Waals surface area contributed by atoms with Gasteiger partial charge in [0, 0.05) is 11.4 Å². The number of halogens is 1. The van der Waals surface area contributed by atoms with E-state index in [-0.39, 0.29) is 11.9 Å². The van der Waals surface area contributed by atoms with Gasteiger partial charge in [-0.3, -0.25) is 11.3 Å². The molecule has 0 spiro atoms. The molecule has 1 fully saturated rings. The molecule has 0 radical (unpaired) electrons. The van der Waals surface area contributed by atoms with Crippen LogP contribution in [0.4, 0.5) is 4.39 Å². The highest BCUT2D eigenvalue weighted by Gasteiger charge is 2.23. The summed E-state index contributed by atoms with van der Waals surface area (Å²) in [6.07, 6.45) is 4.94. The lowest BCUT2D eigenvalue weighted by atomic mass is 9.79. The standard InChI is InChI=1S/C16H19FN2/c17-15-9-8-14(12-6-1-2-7-13(12)15)16(19-18)10-11-4-3-5-11/h1-2,6-9,11,16,19H,3-5,10,18H2. The molecule has 19 heavy (non-hydrogen) atoms. The van der Waals surface area contributed by atoms with Crippen molar-refractivity contribution in [2.45, 2.75) is 31.7 Å². The maximum absolute atomic E-state index is 13.8. The molecule has 3 N–H and O–H groups in total. The molecule has 1 aliphatic rings. The Kier molecular flexibility index (Phi) is 3.49. The Bertz CT molecular complexity index is 578. The summed E-state index contributed by atoms with van der Waals surface area (Å²) >= 11 is 0. The summed E-state index contributed by atoms with van der Waals surface area (Å²) in [6, 6.07) is 11.1. The van der Waals surface area contributed by atoms with Crippen LogP contribution < -0.4 is 11.3 Å². The summed E-state index contributed by atoms with van der Waals surface area (Å²) in [4.78, 5) is 0. The molecule has 0 saturated heterocycles. The number of nitrogens with two attached hydrogens (primary N) is 1. The zero-order chi connectivity index (χ0) is 13.2. The quantitative estimate of drug-likeness (QED) is 0.648. The second-order valence-electron chi connectivity index (χ2n) is 5.43. The van der Waals surface area contributed by atoms with Gasteiger partial charge in [0.1, 0.15) is 5.82 Å². The van der Waals surface area contributed by atoms with Gasteiger partial charge in [0.15, 0.2) is 0 Å². The van der Waals surface area contributed by atoms with Gasteiger partial charge in [-0.2, -0.15) is 0 Å². The Morgan fingerprint density at radius 1 is 1.16 bits per heavy atom. The largest absolute Gasteiger partial charge is 0.271 e. The minimum Gasteiger partial charge on any atom is -0.271 e. The van der Waals surface area contributed by atoms with Gasteiger partial charge < -0.3 is 0 Å². The van der Waals surface area contributed by atoms with Crippen molar-refractivity contribution in [2.75, 3.05) is 0 Å². The van der Waals surface area contributed by atoms with Crippen LogP contribution in [0.15, 0.2) is 36.4 Å². The first-order valence-electron chi connectivity index (χ1n) is 6.93. The second-order valence-corrected chi connectivity index (χ2v) is 5.43. The predicted molar refractivity (Wildman–Crippen MR) is 75.9 cm³/mol. The molecule has 2 aromatic rings. The summed E-state index contributed by atoms with van der Waals surface area (Å²) in [5.74, 6) is 6.30. The third-order valence-corrected chi connectivity index (χ3v) is 4.27. The van der Waals surface area contributed by atoms with Crippen LogP contribution in [0.3, 0.4) is 0 Å². The first kappa shape index (κ1) is 12.6. The maximum Gasteiger partial charge on any atom is 0.131 e. The van der Waals surface area contributed by atoms with Crippen LogP contribution in [0.2, 0.25) is 0 Å². The first-order chi connectivity index (χ1) is 9.29. The fourth-order valence-electron chi connectivity index (χ4n) is 2.94. The van der Waals surface area contributed by atoms with E-state index in [9.17, 15) is 4.39 Å². The zero-order valence-corrected chi connectivity index (χ0v) is 10.9. The molecule has 1 saturated carbocycles. The minimum atomic E-state index is -0.168. The van der Waals surface area contributed by atoms with Crippen LogP contribution in [0.5, 0.6) is 0 Å². The van der Waals surface area contributed by atoms with Gasteiger partial charge in [-0.05, 0) is 29.4 Å². The lowest BCUT2D eigenvalue weighted by Crippen LogP contribution is -2.31. The smallest absolute Gasteiger partial charge is 0.131 e. The average Bonchev–Trinajstić information content (AvgIpc) is 2.40. The lowest BCUT2D eigenvalue weighted by Gasteiger charge is -2.30. The molecule has 0 bridgehead atoms. The molecule has 100 valence electrons. The molecule has 0 heterocycles. The van der Waals surface area contributed by atoms with Gasteiger partial charge in [-0.25, -0.2) is 4.39 Å². The molecule has 2 nitrogen and oxygen atoms in total. The molecule has 1 unspecified atom stereocenters. The molecular formula is C16H19FN2. The molecule has 0 aliphatic heterocycles. The fraction of sp³-hybridized carbons (Fsp3) is 0.375. The van der Waals surface area contributed by atoms with Crippen molar-refractivity contribution in [1.82, 2.24) is 5.43 Å². The molecule has 1 atom stereocenters. The number of hydrazine groups is 1. The third kappa shape index (κ3) is 2.36. The van der Waals surface area contributed by atoms with Crippen LogP contribution in [-0.2, 0) is 0 Å². The van der Waals surface area contributed by atoms with Crippen molar-refractivity contribution in [3.8, 4) is 0 Å². The lowest BCUT2D eigenvalue weighted by molar-refractivity contribution is 0.262. The van der Waals surface area contributed by atoms with Gasteiger partial charge in [0.05, 0.1) is 0 Å². The van der Waals surface area contributed by atoms with Gasteiger partial charge in [0.2, 0.25) is 0 Å². The molecule has 1 aliphatic carbocycles. The van der Waals surface area contributed by atoms with E-state index in [0.29, 0.717) is 5.39 Å². The van der Waals surface area contributed by atoms with E-state index in [4.69, 9.17) is 5.84 Å². The Morgan fingerprint density at radius 2 is 1.89 bits per heavy atom. The Hall–Kier alpha value is -1.45. The molecular weight excluding hydrogens is 239 g/mol. The van der Waals surface area contributed by atoms with Crippen molar-refractivity contribution >= 4 is 10.8 Å². The van der Waals surface area contributed by atoms with Gasteiger partial charge in [0.25, 0.3) is 0 Å². The van der Waals surface area contributed by atoms with Crippen LogP contribution in [-0.4, -0.2) is 0 Å². The van der Waals surface area contributed by atoms with Crippen molar-refractivity contribution in [2.24, 2.45) is 11.8 Å². The Balaban J connectivity index is 2.00. The monoisotopic (exact) mass is 258 g/mol. The van der Waals surface area contributed by atoms with Crippen LogP contribution in [0.1, 0.15) is 37.3 Å². The maximum atomic E-state index is 13.8. The topological polar surface area (TPSA) is 38.0 Å². The van der Waals surface area contributed by atoms with E-state index in [1.165, 1.54) is 19.3 Å². The van der Waals surface area contributed by atoms with Gasteiger partial charge >= 0.3 is 0 Å². The summed E-state index contributed by atoms with van der Waals surface area (Å²) in [5, 5.41) is 1.64. The fourth-order valence-corrected chi connectivity index (χ4v) is 2.94. The molecule has 0 amide bonds. The normalized spacial score (nSPS) is 17.4. The van der Waals surface area contributed by atoms with Crippen LogP contribution in [0.25, 0.3) is 10.8 Å². The highest BCUT2D eigenvalue weighted by atomic mass is 19.1. The number of nitrogens with one attached hydrogen (secondary N) is 1. The zero-order valence-electron chi connectivity index (χ0n) is 10.9. The van der Waals surface area contributed by atoms with E-state index in [0.717, 1.165) is 23.3 Å². The highest BCUT2D eigenvalue weighted by Crippen LogP contribution is 2.36. The number of fused-ring (bicyclic) bond motifs is 1. The predicted octanol–water partition coefficient (Wildman–Crippen LogP) is 3.67. The van der Waals surface area contributed by atoms with E-state index in [1.54, 1.807) is 6.07 Å². The third-order valence-electron chi connectivity index (χ3n) is 4.27. The molecule has 2 aromatic carbocycles. The highest BCUT2D eigenvalue weighted by molar-refractivity contribution is 5.86.